The molecular formula is C14H18N4OS. The number of aromatic nitrogens is 3. The monoisotopic (exact) mass is 290 g/mol. The van der Waals surface area contributed by atoms with Gasteiger partial charge in [0.25, 0.3) is 0 Å². The van der Waals surface area contributed by atoms with E-state index in [9.17, 15) is 4.79 Å². The summed E-state index contributed by atoms with van der Waals surface area (Å²) in [5.41, 5.74) is 0. The van der Waals surface area contributed by atoms with Crippen LogP contribution in [0.1, 0.15) is 18.7 Å². The van der Waals surface area contributed by atoms with E-state index in [1.165, 1.54) is 0 Å². The smallest absolute Gasteiger partial charge is 0.244 e. The summed E-state index contributed by atoms with van der Waals surface area (Å²) in [6, 6.07) is 3.96. The Hall–Kier alpha value is -1.95. The summed E-state index contributed by atoms with van der Waals surface area (Å²) in [6.45, 7) is 4.77. The molecule has 5 nitrogen and oxygen atoms in total. The maximum absolute atomic E-state index is 11.9. The van der Waals surface area contributed by atoms with E-state index in [1.807, 2.05) is 23.6 Å². The summed E-state index contributed by atoms with van der Waals surface area (Å²) >= 11 is 1.60. The van der Waals surface area contributed by atoms with E-state index in [0.717, 1.165) is 4.88 Å². The zero-order valence-electron chi connectivity index (χ0n) is 11.6. The molecule has 1 amide bonds. The number of nitrogens with one attached hydrogen (secondary N) is 1. The standard InChI is InChI=1S/C14H18N4OS/c1-11(2)13(10-18-8-7-15-17-18)16-14(19)6-5-12-4-3-9-20-12/h3-9,11,13H,10H2,1-2H3,(H,16,19)/b6-5+/t13-/m0/s1. The Balaban J connectivity index is 1.92. The predicted molar refractivity (Wildman–Crippen MR) is 80.1 cm³/mol. The quantitative estimate of drug-likeness (QED) is 0.830. The molecule has 20 heavy (non-hydrogen) atoms. The van der Waals surface area contributed by atoms with Crippen molar-refractivity contribution < 1.29 is 4.79 Å². The number of carbonyl (C=O) groups is 1. The van der Waals surface area contributed by atoms with Gasteiger partial charge < -0.3 is 5.32 Å². The van der Waals surface area contributed by atoms with Crippen LogP contribution >= 0.6 is 11.3 Å². The molecule has 1 atom stereocenters. The van der Waals surface area contributed by atoms with Gasteiger partial charge in [-0.1, -0.05) is 25.1 Å². The van der Waals surface area contributed by atoms with E-state index in [1.54, 1.807) is 34.5 Å². The molecule has 6 heteroatoms. The second-order valence-electron chi connectivity index (χ2n) is 4.83. The molecule has 1 N–H and O–H groups in total. The predicted octanol–water partition coefficient (Wildman–Crippen LogP) is 2.19. The van der Waals surface area contributed by atoms with Crippen molar-refractivity contribution >= 4 is 23.3 Å². The van der Waals surface area contributed by atoms with Gasteiger partial charge in [-0.2, -0.15) is 0 Å². The Morgan fingerprint density at radius 1 is 1.55 bits per heavy atom. The lowest BCUT2D eigenvalue weighted by Gasteiger charge is -2.21. The van der Waals surface area contributed by atoms with Gasteiger partial charge in [0.05, 0.1) is 18.8 Å². The van der Waals surface area contributed by atoms with Gasteiger partial charge >= 0.3 is 0 Å². The Morgan fingerprint density at radius 3 is 3.00 bits per heavy atom. The van der Waals surface area contributed by atoms with Gasteiger partial charge in [0.15, 0.2) is 0 Å². The van der Waals surface area contributed by atoms with Gasteiger partial charge in [0.1, 0.15) is 0 Å². The van der Waals surface area contributed by atoms with Crippen LogP contribution in [0.25, 0.3) is 6.08 Å². The van der Waals surface area contributed by atoms with Crippen molar-refractivity contribution in [3.63, 3.8) is 0 Å². The molecule has 0 saturated heterocycles. The minimum atomic E-state index is -0.0859. The lowest BCUT2D eigenvalue weighted by Crippen LogP contribution is -2.40. The SMILES string of the molecule is CC(C)[C@H](Cn1ccnn1)NC(=O)/C=C/c1cccs1. The molecule has 2 aromatic heterocycles. The van der Waals surface area contributed by atoms with E-state index in [-0.39, 0.29) is 11.9 Å². The fourth-order valence-corrected chi connectivity index (χ4v) is 2.35. The highest BCUT2D eigenvalue weighted by molar-refractivity contribution is 7.10. The molecule has 0 fully saturated rings. The first-order valence-electron chi connectivity index (χ1n) is 6.51. The summed E-state index contributed by atoms with van der Waals surface area (Å²) in [5, 5.41) is 12.7. The average molecular weight is 290 g/mol. The highest BCUT2D eigenvalue weighted by Gasteiger charge is 2.15. The van der Waals surface area contributed by atoms with Gasteiger partial charge in [-0.3, -0.25) is 9.48 Å². The Labute approximate surface area is 122 Å². The third-order valence-electron chi connectivity index (χ3n) is 2.93. The van der Waals surface area contributed by atoms with Crippen LogP contribution in [-0.2, 0) is 11.3 Å². The molecule has 2 aromatic rings. The van der Waals surface area contributed by atoms with Crippen LogP contribution < -0.4 is 5.32 Å². The summed E-state index contributed by atoms with van der Waals surface area (Å²) in [6.07, 6.45) is 6.83. The molecule has 0 aliphatic carbocycles. The zero-order chi connectivity index (χ0) is 14.4. The number of carbonyl (C=O) groups excluding carboxylic acids is 1. The number of amides is 1. The van der Waals surface area contributed by atoms with E-state index >= 15 is 0 Å². The largest absolute Gasteiger partial charge is 0.348 e. The first-order chi connectivity index (χ1) is 9.65. The van der Waals surface area contributed by atoms with Crippen LogP contribution in [0, 0.1) is 5.92 Å². The lowest BCUT2D eigenvalue weighted by molar-refractivity contribution is -0.117. The number of thiophene rings is 1. The van der Waals surface area contributed by atoms with Crippen molar-refractivity contribution in [1.82, 2.24) is 20.3 Å². The molecule has 0 aliphatic rings. The molecule has 0 unspecified atom stereocenters. The number of hydrogen-bond acceptors (Lipinski definition) is 4. The highest BCUT2D eigenvalue weighted by atomic mass is 32.1. The Kier molecular flexibility index (Phi) is 5.06. The zero-order valence-corrected chi connectivity index (χ0v) is 12.4. The van der Waals surface area contributed by atoms with Gasteiger partial charge in [0.2, 0.25) is 5.91 Å². The van der Waals surface area contributed by atoms with Gasteiger partial charge in [-0.25, -0.2) is 0 Å². The van der Waals surface area contributed by atoms with Crippen LogP contribution in [0.15, 0.2) is 36.0 Å². The minimum Gasteiger partial charge on any atom is -0.348 e. The maximum Gasteiger partial charge on any atom is 0.244 e. The molecule has 106 valence electrons. The summed E-state index contributed by atoms with van der Waals surface area (Å²) in [4.78, 5) is 13.0. The number of hydrogen-bond donors (Lipinski definition) is 1. The minimum absolute atomic E-state index is 0.0252. The summed E-state index contributed by atoms with van der Waals surface area (Å²) in [5.74, 6) is 0.232. The molecule has 2 rings (SSSR count). The van der Waals surface area contributed by atoms with Crippen LogP contribution in [0.4, 0.5) is 0 Å². The Bertz CT molecular complexity index is 546. The van der Waals surface area contributed by atoms with Crippen molar-refractivity contribution in [3.05, 3.63) is 40.9 Å². The average Bonchev–Trinajstić information content (AvgIpc) is 3.08. The van der Waals surface area contributed by atoms with Crippen molar-refractivity contribution in [2.45, 2.75) is 26.4 Å². The first-order valence-corrected chi connectivity index (χ1v) is 7.39. The van der Waals surface area contributed by atoms with Gasteiger partial charge in [-0.05, 0) is 23.4 Å². The molecule has 0 aromatic carbocycles. The molecule has 0 aliphatic heterocycles. The number of nitrogens with zero attached hydrogens (tertiary/aromatic N) is 3. The third-order valence-corrected chi connectivity index (χ3v) is 3.77. The summed E-state index contributed by atoms with van der Waals surface area (Å²) < 4.78 is 1.73. The summed E-state index contributed by atoms with van der Waals surface area (Å²) in [7, 11) is 0. The van der Waals surface area contributed by atoms with E-state index in [0.29, 0.717) is 12.5 Å². The van der Waals surface area contributed by atoms with E-state index in [2.05, 4.69) is 29.5 Å². The third kappa shape index (κ3) is 4.31. The van der Waals surface area contributed by atoms with Crippen LogP contribution in [0.5, 0.6) is 0 Å². The highest BCUT2D eigenvalue weighted by Crippen LogP contribution is 2.10. The molecule has 2 heterocycles. The van der Waals surface area contributed by atoms with Gasteiger partial charge in [0, 0.05) is 17.2 Å². The van der Waals surface area contributed by atoms with Crippen molar-refractivity contribution in [1.29, 1.82) is 0 Å². The molecule has 0 bridgehead atoms. The Morgan fingerprint density at radius 2 is 2.40 bits per heavy atom. The van der Waals surface area contributed by atoms with Crippen LogP contribution in [0.2, 0.25) is 0 Å². The van der Waals surface area contributed by atoms with Crippen molar-refractivity contribution in [3.8, 4) is 0 Å². The first kappa shape index (κ1) is 14.5. The van der Waals surface area contributed by atoms with Crippen molar-refractivity contribution in [2.24, 2.45) is 5.92 Å². The molecular weight excluding hydrogens is 272 g/mol. The fraction of sp³-hybridized carbons (Fsp3) is 0.357. The van der Waals surface area contributed by atoms with Gasteiger partial charge in [-0.15, -0.1) is 16.4 Å². The maximum atomic E-state index is 11.9. The number of rotatable bonds is 6. The molecule has 0 radical (unpaired) electrons. The fourth-order valence-electron chi connectivity index (χ4n) is 1.73. The van der Waals surface area contributed by atoms with Crippen LogP contribution in [-0.4, -0.2) is 26.9 Å². The molecule has 0 spiro atoms. The molecule has 0 saturated carbocycles. The normalized spacial score (nSPS) is 12.9. The second-order valence-corrected chi connectivity index (χ2v) is 5.81. The second kappa shape index (κ2) is 7.00. The lowest BCUT2D eigenvalue weighted by atomic mass is 10.0. The van der Waals surface area contributed by atoms with E-state index < -0.39 is 0 Å². The van der Waals surface area contributed by atoms with Crippen molar-refractivity contribution in [2.75, 3.05) is 0 Å². The van der Waals surface area contributed by atoms with E-state index in [4.69, 9.17) is 0 Å². The van der Waals surface area contributed by atoms with Crippen LogP contribution in [0.3, 0.4) is 0 Å². The topological polar surface area (TPSA) is 59.8 Å².